The molecule has 0 atom stereocenters. The molecule has 0 bridgehead atoms. The maximum atomic E-state index is 8.48. The summed E-state index contributed by atoms with van der Waals surface area (Å²) >= 11 is 0. The third-order valence-corrected chi connectivity index (χ3v) is 0. The molecule has 0 N–H and O–H groups in total. The van der Waals surface area contributed by atoms with Gasteiger partial charge < -0.3 is 23.3 Å². The summed E-state index contributed by atoms with van der Waals surface area (Å²) in [5.41, 5.74) is 0. The van der Waals surface area contributed by atoms with Crippen LogP contribution in [-0.2, 0) is 16.5 Å². The molecule has 0 aromatic rings. The largest absolute Gasteiger partial charge is 2.00 e. The summed E-state index contributed by atoms with van der Waals surface area (Å²) < 4.78 is 0. The molecule has 0 aliphatic carbocycles. The smallest absolute Gasteiger partial charge is 0.854 e. The fourth-order valence-electron chi connectivity index (χ4n) is 0. The Morgan fingerprint density at radius 1 is 1.00 bits per heavy atom. The molecule has 0 heterocycles. The van der Waals surface area contributed by atoms with Crippen molar-refractivity contribution in [3.63, 3.8) is 0 Å². The number of rotatable bonds is 0. The Balaban J connectivity index is -0.0000000450. The van der Waals surface area contributed by atoms with E-state index in [1.54, 1.807) is 0 Å². The van der Waals surface area contributed by atoms with Crippen molar-refractivity contribution >= 4 is 46.3 Å². The molecule has 0 unspecified atom stereocenters. The summed E-state index contributed by atoms with van der Waals surface area (Å²) in [5.74, 6) is 0. The second kappa shape index (κ2) is 10.1. The van der Waals surface area contributed by atoms with Gasteiger partial charge in [-0.15, -0.1) is 0 Å². The maximum absolute atomic E-state index is 8.48. The molecule has 0 aromatic heterocycles. The van der Waals surface area contributed by atoms with E-state index in [9.17, 15) is 0 Å². The molecule has 0 amide bonds. The first-order chi connectivity index (χ1) is 1.73. The molecule has 6 heteroatoms. The Kier molecular flexibility index (Phi) is 26.5. The van der Waals surface area contributed by atoms with Crippen LogP contribution in [-0.4, -0.2) is 37.7 Å². The van der Waals surface area contributed by atoms with E-state index in [-0.39, 0.29) is 54.2 Å². The third-order valence-electron chi connectivity index (χ3n) is 0. The molecule has 0 saturated heterocycles. The molecule has 0 fully saturated rings. The molecule has 6 heavy (non-hydrogen) atoms. The topological polar surface area (TPSA) is 69.2 Å². The SMILES string of the molecule is [Ca+2].[Ni+2].[O-]P([O-])[O-]. The summed E-state index contributed by atoms with van der Waals surface area (Å²) in [6.07, 6.45) is 0. The minimum atomic E-state index is -3.37. The first-order valence-corrected chi connectivity index (χ1v) is 1.64. The quantitative estimate of drug-likeness (QED) is 0.291. The monoisotopic (exact) mass is 177 g/mol. The Morgan fingerprint density at radius 2 is 1.00 bits per heavy atom. The van der Waals surface area contributed by atoms with Crippen molar-refractivity contribution in [3.05, 3.63) is 0 Å². The Bertz CT molecular complexity index is 15.5. The van der Waals surface area contributed by atoms with Gasteiger partial charge in [-0.2, -0.15) is 0 Å². The average Bonchev–Trinajstić information content (AvgIpc) is 0.811. The van der Waals surface area contributed by atoms with Crippen LogP contribution in [0.25, 0.3) is 0 Å². The van der Waals surface area contributed by atoms with Crippen LogP contribution in [0.3, 0.4) is 0 Å². The normalized spacial score (nSPS) is 6.00. The zero-order valence-electron chi connectivity index (χ0n) is 2.70. The second-order valence-electron chi connectivity index (χ2n) is 0.224. The van der Waals surface area contributed by atoms with Gasteiger partial charge >= 0.3 is 54.2 Å². The Labute approximate surface area is 76.7 Å². The van der Waals surface area contributed by atoms with E-state index in [4.69, 9.17) is 14.7 Å². The molecule has 0 aromatic carbocycles. The van der Waals surface area contributed by atoms with E-state index in [0.717, 1.165) is 0 Å². The van der Waals surface area contributed by atoms with E-state index in [2.05, 4.69) is 0 Å². The zero-order valence-corrected chi connectivity index (χ0v) is 6.79. The number of hydrogen-bond acceptors (Lipinski definition) is 3. The van der Waals surface area contributed by atoms with E-state index in [0.29, 0.717) is 0 Å². The zero-order chi connectivity index (χ0) is 3.58. The van der Waals surface area contributed by atoms with Crippen molar-refractivity contribution in [1.82, 2.24) is 0 Å². The molecule has 0 saturated carbocycles. The van der Waals surface area contributed by atoms with Gasteiger partial charge in [0.2, 0.25) is 0 Å². The molecule has 0 rings (SSSR count). The van der Waals surface area contributed by atoms with Gasteiger partial charge in [0.1, 0.15) is 0 Å². The Hall–Kier alpha value is 2.06. The molecular formula is CaNiO3P+. The van der Waals surface area contributed by atoms with Gasteiger partial charge in [-0.05, 0) is 0 Å². The van der Waals surface area contributed by atoms with Gasteiger partial charge in [-0.25, -0.2) is 0 Å². The van der Waals surface area contributed by atoms with Crippen molar-refractivity contribution in [3.8, 4) is 0 Å². The fraction of sp³-hybridized carbons (Fsp3) is 0. The Morgan fingerprint density at radius 3 is 1.00 bits per heavy atom. The van der Waals surface area contributed by atoms with Crippen molar-refractivity contribution in [2.45, 2.75) is 0 Å². The first-order valence-electron chi connectivity index (χ1n) is 0.548. The second-order valence-corrected chi connectivity index (χ2v) is 0.671. The molecule has 0 spiro atoms. The van der Waals surface area contributed by atoms with Crippen LogP contribution in [0, 0.1) is 0 Å². The van der Waals surface area contributed by atoms with Crippen molar-refractivity contribution < 1.29 is 31.2 Å². The fourth-order valence-corrected chi connectivity index (χ4v) is 0. The average molecular weight is 178 g/mol. The van der Waals surface area contributed by atoms with Gasteiger partial charge in [-0.1, -0.05) is 0 Å². The summed E-state index contributed by atoms with van der Waals surface area (Å²) in [4.78, 5) is 25.4. The van der Waals surface area contributed by atoms with Crippen LogP contribution in [0.5, 0.6) is 0 Å². The van der Waals surface area contributed by atoms with Crippen LogP contribution < -0.4 is 14.7 Å². The molecule has 0 aliphatic heterocycles. The van der Waals surface area contributed by atoms with Gasteiger partial charge in [0.05, 0.1) is 0 Å². The third kappa shape index (κ3) is 36.5. The molecule has 3 nitrogen and oxygen atoms in total. The van der Waals surface area contributed by atoms with Crippen LogP contribution in [0.2, 0.25) is 0 Å². The molecule has 0 radical (unpaired) electrons. The molecule has 34 valence electrons. The maximum Gasteiger partial charge on any atom is 2.00 e. The van der Waals surface area contributed by atoms with Crippen LogP contribution >= 0.6 is 8.60 Å². The summed E-state index contributed by atoms with van der Waals surface area (Å²) in [6, 6.07) is 0. The minimum Gasteiger partial charge on any atom is -0.854 e. The van der Waals surface area contributed by atoms with Gasteiger partial charge in [0.15, 0.2) is 0 Å². The molecule has 0 aliphatic rings. The van der Waals surface area contributed by atoms with Crippen LogP contribution in [0.15, 0.2) is 0 Å². The predicted octanol–water partition coefficient (Wildman–Crippen LogP) is -3.09. The molecular weight excluding hydrogens is 178 g/mol. The minimum absolute atomic E-state index is 0. The van der Waals surface area contributed by atoms with Gasteiger partial charge in [0.25, 0.3) is 0 Å². The van der Waals surface area contributed by atoms with E-state index < -0.39 is 8.60 Å². The first kappa shape index (κ1) is 15.7. The summed E-state index contributed by atoms with van der Waals surface area (Å²) in [7, 11) is -3.37. The van der Waals surface area contributed by atoms with E-state index in [1.165, 1.54) is 0 Å². The van der Waals surface area contributed by atoms with Crippen LogP contribution in [0.4, 0.5) is 0 Å². The van der Waals surface area contributed by atoms with Gasteiger partial charge in [-0.3, -0.25) is 0 Å². The van der Waals surface area contributed by atoms with Crippen molar-refractivity contribution in [2.24, 2.45) is 0 Å². The van der Waals surface area contributed by atoms with E-state index in [1.807, 2.05) is 0 Å². The number of hydrogen-bond donors (Lipinski definition) is 0. The standard InChI is InChI=1S/Ca.Ni.O3P/c;;1-4(2)3/q2*+2;-3. The predicted molar refractivity (Wildman–Crippen MR) is 12.7 cm³/mol. The van der Waals surface area contributed by atoms with Crippen molar-refractivity contribution in [2.75, 3.05) is 0 Å². The summed E-state index contributed by atoms with van der Waals surface area (Å²) in [6.45, 7) is 0. The summed E-state index contributed by atoms with van der Waals surface area (Å²) in [5, 5.41) is 0. The van der Waals surface area contributed by atoms with E-state index >= 15 is 0 Å². The van der Waals surface area contributed by atoms with Crippen molar-refractivity contribution in [1.29, 1.82) is 0 Å². The van der Waals surface area contributed by atoms with Gasteiger partial charge in [0, 0.05) is 0 Å². The van der Waals surface area contributed by atoms with Crippen LogP contribution in [0.1, 0.15) is 0 Å².